The molecule has 0 saturated carbocycles. The van der Waals surface area contributed by atoms with Crippen LogP contribution in [0.2, 0.25) is 0 Å². The van der Waals surface area contributed by atoms with Crippen LogP contribution >= 0.6 is 0 Å². The van der Waals surface area contributed by atoms with Crippen LogP contribution in [-0.4, -0.2) is 15.4 Å². The molecule has 0 aromatic carbocycles. The molecule has 0 fully saturated rings. The molecule has 1 N–H and O–H groups in total. The molecule has 0 bridgehead atoms. The van der Waals surface area contributed by atoms with Crippen molar-refractivity contribution in [1.29, 1.82) is 0 Å². The molecule has 1 aromatic heterocycles. The Morgan fingerprint density at radius 2 is 2.33 bits per heavy atom. The van der Waals surface area contributed by atoms with E-state index in [1.165, 1.54) is 0 Å². The van der Waals surface area contributed by atoms with E-state index in [1.807, 2.05) is 0 Å². The number of aromatic nitrogens is 3. The normalized spacial score (nSPS) is 6.67. The van der Waals surface area contributed by atoms with E-state index in [0.717, 1.165) is 0 Å². The number of nitrogens with one attached hydrogen (secondary N) is 1. The number of nitrogens with zero attached hydrogens (tertiary/aromatic N) is 2. The summed E-state index contributed by atoms with van der Waals surface area (Å²) < 4.78 is 0. The van der Waals surface area contributed by atoms with Gasteiger partial charge in [0, 0.05) is 25.7 Å². The fraction of sp³-hybridized carbons (Fsp3) is 0. The Balaban J connectivity index is 0.000000250. The van der Waals surface area contributed by atoms with E-state index in [0.29, 0.717) is 0 Å². The fourth-order valence-electron chi connectivity index (χ4n) is 0.167. The van der Waals surface area contributed by atoms with Crippen molar-refractivity contribution in [2.24, 2.45) is 0 Å². The maximum absolute atomic E-state index is 3.42. The second-order valence-corrected chi connectivity index (χ2v) is 0.660. The topological polar surface area (TPSA) is 41.6 Å². The first-order valence-corrected chi connectivity index (χ1v) is 1.30. The molecule has 0 amide bonds. The van der Waals surface area contributed by atoms with Crippen LogP contribution in [0.5, 0.6) is 0 Å². The Hall–Kier alpha value is -0.237. The van der Waals surface area contributed by atoms with Crippen molar-refractivity contribution in [3.05, 3.63) is 12.4 Å². The molecule has 1 radical (unpaired) electrons. The zero-order valence-electron chi connectivity index (χ0n) is 2.88. The third-order valence-electron chi connectivity index (χ3n) is 0.331. The van der Waals surface area contributed by atoms with Gasteiger partial charge in [-0.1, -0.05) is 5.21 Å². The Morgan fingerprint density at radius 3 is 2.50 bits per heavy atom. The first-order chi connectivity index (χ1) is 2.50. The zero-order valence-corrected chi connectivity index (χ0v) is 4.52. The second-order valence-electron chi connectivity index (χ2n) is 0.660. The van der Waals surface area contributed by atoms with Crippen LogP contribution in [0.15, 0.2) is 12.4 Å². The van der Waals surface area contributed by atoms with Crippen LogP contribution in [-0.2, 0) is 19.5 Å². The van der Waals surface area contributed by atoms with Crippen LogP contribution in [0.1, 0.15) is 0 Å². The van der Waals surface area contributed by atoms with Gasteiger partial charge in [-0.15, -0.1) is 5.10 Å². The first-order valence-electron chi connectivity index (χ1n) is 1.30. The molecule has 6 heavy (non-hydrogen) atoms. The average molecular weight is 172 g/mol. The third kappa shape index (κ3) is 1.27. The SMILES string of the molecule is [Rh].c1c[nH]nn1. The van der Waals surface area contributed by atoms with Crippen LogP contribution in [0, 0.1) is 0 Å². The predicted molar refractivity (Wildman–Crippen MR) is 16.4 cm³/mol. The molecular formula is C2H3N3Rh. The van der Waals surface area contributed by atoms with Gasteiger partial charge in [-0.25, -0.2) is 0 Å². The molecule has 35 valence electrons. The van der Waals surface area contributed by atoms with Gasteiger partial charge in [0.15, 0.2) is 0 Å². The van der Waals surface area contributed by atoms with Crippen molar-refractivity contribution in [3.8, 4) is 0 Å². The summed E-state index contributed by atoms with van der Waals surface area (Å²) in [5.41, 5.74) is 0. The average Bonchev–Trinajstić information content (AvgIpc) is 1.76. The summed E-state index contributed by atoms with van der Waals surface area (Å²) in [6, 6.07) is 0. The van der Waals surface area contributed by atoms with Crippen molar-refractivity contribution in [3.63, 3.8) is 0 Å². The van der Waals surface area contributed by atoms with Gasteiger partial charge in [0.2, 0.25) is 0 Å². The van der Waals surface area contributed by atoms with Gasteiger partial charge in [-0.05, 0) is 0 Å². The first kappa shape index (κ1) is 5.76. The molecule has 0 spiro atoms. The van der Waals surface area contributed by atoms with E-state index in [2.05, 4.69) is 15.4 Å². The minimum atomic E-state index is 0. The molecule has 1 aromatic rings. The van der Waals surface area contributed by atoms with Crippen molar-refractivity contribution in [2.45, 2.75) is 0 Å². The summed E-state index contributed by atoms with van der Waals surface area (Å²) in [5, 5.41) is 9.26. The molecule has 0 aliphatic carbocycles. The summed E-state index contributed by atoms with van der Waals surface area (Å²) in [6.07, 6.45) is 3.24. The Labute approximate surface area is 47.9 Å². The molecule has 1 heterocycles. The molecule has 0 atom stereocenters. The van der Waals surface area contributed by atoms with E-state index in [9.17, 15) is 0 Å². The predicted octanol–water partition coefficient (Wildman–Crippen LogP) is -0.198. The molecule has 4 heteroatoms. The van der Waals surface area contributed by atoms with Gasteiger partial charge in [0.05, 0.1) is 6.20 Å². The van der Waals surface area contributed by atoms with E-state index in [-0.39, 0.29) is 19.5 Å². The van der Waals surface area contributed by atoms with Gasteiger partial charge in [0.25, 0.3) is 0 Å². The third-order valence-corrected chi connectivity index (χ3v) is 0.331. The smallest absolute Gasteiger partial charge is 0.0690 e. The van der Waals surface area contributed by atoms with Crippen molar-refractivity contribution in [2.75, 3.05) is 0 Å². The Kier molecular flexibility index (Phi) is 2.86. The largest absolute Gasteiger partial charge is 0.266 e. The van der Waals surface area contributed by atoms with Crippen molar-refractivity contribution >= 4 is 0 Å². The minimum Gasteiger partial charge on any atom is -0.266 e. The van der Waals surface area contributed by atoms with Crippen LogP contribution in [0.25, 0.3) is 0 Å². The molecule has 1 rings (SSSR count). The van der Waals surface area contributed by atoms with Gasteiger partial charge in [-0.3, -0.25) is 5.10 Å². The monoisotopic (exact) mass is 172 g/mol. The molecular weight excluding hydrogens is 169 g/mol. The number of rotatable bonds is 0. The fourth-order valence-corrected chi connectivity index (χ4v) is 0.167. The van der Waals surface area contributed by atoms with Gasteiger partial charge in [0.1, 0.15) is 0 Å². The molecule has 0 unspecified atom stereocenters. The quantitative estimate of drug-likeness (QED) is 0.550. The number of H-pyrrole nitrogens is 1. The minimum absolute atomic E-state index is 0. The molecule has 0 saturated heterocycles. The maximum atomic E-state index is 3.42. The van der Waals surface area contributed by atoms with E-state index < -0.39 is 0 Å². The summed E-state index contributed by atoms with van der Waals surface area (Å²) in [6.45, 7) is 0. The number of aromatic amines is 1. The van der Waals surface area contributed by atoms with Gasteiger partial charge < -0.3 is 0 Å². The van der Waals surface area contributed by atoms with Crippen LogP contribution in [0.4, 0.5) is 0 Å². The summed E-state index contributed by atoms with van der Waals surface area (Å²) in [5.74, 6) is 0. The summed E-state index contributed by atoms with van der Waals surface area (Å²) in [4.78, 5) is 0. The zero-order chi connectivity index (χ0) is 3.54. The van der Waals surface area contributed by atoms with Crippen molar-refractivity contribution < 1.29 is 19.5 Å². The molecule has 0 aliphatic rings. The van der Waals surface area contributed by atoms with Crippen LogP contribution < -0.4 is 0 Å². The van der Waals surface area contributed by atoms with Gasteiger partial charge in [-0.2, -0.15) is 0 Å². The van der Waals surface area contributed by atoms with Crippen LogP contribution in [0.3, 0.4) is 0 Å². The van der Waals surface area contributed by atoms with E-state index in [1.54, 1.807) is 12.4 Å². The Morgan fingerprint density at radius 1 is 1.50 bits per heavy atom. The van der Waals surface area contributed by atoms with Crippen molar-refractivity contribution in [1.82, 2.24) is 15.4 Å². The number of hydrogen-bond donors (Lipinski definition) is 1. The van der Waals surface area contributed by atoms with Gasteiger partial charge >= 0.3 is 0 Å². The molecule has 0 aliphatic heterocycles. The van der Waals surface area contributed by atoms with E-state index >= 15 is 0 Å². The summed E-state index contributed by atoms with van der Waals surface area (Å²) >= 11 is 0. The van der Waals surface area contributed by atoms with E-state index in [4.69, 9.17) is 0 Å². The number of hydrogen-bond acceptors (Lipinski definition) is 2. The Bertz CT molecular complexity index is 65.3. The standard InChI is InChI=1S/C2H3N3.Rh/c1-2-4-5-3-1;/h1-2H,(H,3,4,5);. The summed E-state index contributed by atoms with van der Waals surface area (Å²) in [7, 11) is 0. The second kappa shape index (κ2) is 2.97. The molecule has 3 nitrogen and oxygen atoms in total. The maximum Gasteiger partial charge on any atom is 0.0690 e.